The summed E-state index contributed by atoms with van der Waals surface area (Å²) >= 11 is 0. The molecule has 3 aromatic rings. The number of ketones is 1. The second kappa shape index (κ2) is 9.18. The fourth-order valence-electron chi connectivity index (χ4n) is 4.07. The van der Waals surface area contributed by atoms with Gasteiger partial charge < -0.3 is 25.2 Å². The number of aromatic nitrogens is 1. The van der Waals surface area contributed by atoms with Crippen molar-refractivity contribution in [2.75, 3.05) is 25.0 Å². The number of fused-ring (bicyclic) bond motifs is 1. The predicted octanol–water partition coefficient (Wildman–Crippen LogP) is 1.75. The van der Waals surface area contributed by atoms with Gasteiger partial charge in [0.15, 0.2) is 0 Å². The lowest BCUT2D eigenvalue weighted by atomic mass is 10.1. The number of anilines is 1. The second-order valence-electron chi connectivity index (χ2n) is 7.98. The fraction of sp³-hybridized carbons (Fsp3) is 0.208. The summed E-state index contributed by atoms with van der Waals surface area (Å²) in [5.74, 6) is -4.42. The molecule has 4 rings (SSSR count). The first-order valence-corrected chi connectivity index (χ1v) is 10.6. The zero-order chi connectivity index (χ0) is 24.4. The van der Waals surface area contributed by atoms with E-state index >= 15 is 0 Å². The molecule has 2 aromatic carbocycles. The van der Waals surface area contributed by atoms with Gasteiger partial charge in [-0.25, -0.2) is 4.79 Å². The van der Waals surface area contributed by atoms with E-state index in [4.69, 9.17) is 5.11 Å². The SMILES string of the molecule is CC1CN(C(=O)c2ccccc2)CCN1C(=O)C(=O)c1c[nH]c2c(NC(=O)C(=O)O)cccc12. The zero-order valence-electron chi connectivity index (χ0n) is 18.3. The number of aromatic amines is 1. The van der Waals surface area contributed by atoms with E-state index in [-0.39, 0.29) is 29.7 Å². The molecule has 1 atom stereocenters. The third-order valence-corrected chi connectivity index (χ3v) is 5.79. The molecule has 1 aliphatic heterocycles. The topological polar surface area (TPSA) is 140 Å². The number of hydrogen-bond acceptors (Lipinski definition) is 5. The summed E-state index contributed by atoms with van der Waals surface area (Å²) in [6.45, 7) is 2.60. The Bertz CT molecular complexity index is 1300. The highest BCUT2D eigenvalue weighted by Crippen LogP contribution is 2.26. The summed E-state index contributed by atoms with van der Waals surface area (Å²) in [5.41, 5.74) is 1.19. The second-order valence-corrected chi connectivity index (χ2v) is 7.98. The van der Waals surface area contributed by atoms with Crippen LogP contribution in [0.3, 0.4) is 0 Å². The van der Waals surface area contributed by atoms with Crippen LogP contribution in [0.5, 0.6) is 0 Å². The summed E-state index contributed by atoms with van der Waals surface area (Å²) in [6.07, 6.45) is 1.36. The highest BCUT2D eigenvalue weighted by Gasteiger charge is 2.34. The van der Waals surface area contributed by atoms with Crippen LogP contribution in [-0.4, -0.2) is 75.0 Å². The zero-order valence-corrected chi connectivity index (χ0v) is 18.3. The molecule has 3 N–H and O–H groups in total. The average Bonchev–Trinajstić information content (AvgIpc) is 3.28. The monoisotopic (exact) mass is 462 g/mol. The maximum atomic E-state index is 13.1. The van der Waals surface area contributed by atoms with Crippen molar-refractivity contribution in [3.8, 4) is 0 Å². The van der Waals surface area contributed by atoms with Gasteiger partial charge in [0.1, 0.15) is 0 Å². The Morgan fingerprint density at radius 2 is 1.74 bits per heavy atom. The lowest BCUT2D eigenvalue weighted by molar-refractivity contribution is -0.147. The predicted molar refractivity (Wildman–Crippen MR) is 122 cm³/mol. The van der Waals surface area contributed by atoms with Gasteiger partial charge >= 0.3 is 11.9 Å². The van der Waals surface area contributed by atoms with Gasteiger partial charge in [0, 0.05) is 42.8 Å². The molecule has 1 saturated heterocycles. The summed E-state index contributed by atoms with van der Waals surface area (Å²) in [5, 5.41) is 11.5. The number of para-hydroxylation sites is 1. The quantitative estimate of drug-likeness (QED) is 0.399. The number of H-pyrrole nitrogens is 1. The number of hydrogen-bond donors (Lipinski definition) is 3. The van der Waals surface area contributed by atoms with Gasteiger partial charge in [0.05, 0.1) is 16.8 Å². The van der Waals surface area contributed by atoms with E-state index in [1.54, 1.807) is 48.2 Å². The van der Waals surface area contributed by atoms with Crippen LogP contribution < -0.4 is 5.32 Å². The molecule has 0 spiro atoms. The highest BCUT2D eigenvalue weighted by molar-refractivity contribution is 6.45. The van der Waals surface area contributed by atoms with Gasteiger partial charge in [-0.2, -0.15) is 0 Å². The van der Waals surface area contributed by atoms with Crippen LogP contribution in [0, 0.1) is 0 Å². The first kappa shape index (κ1) is 22.7. The summed E-state index contributed by atoms with van der Waals surface area (Å²) in [6, 6.07) is 13.1. The van der Waals surface area contributed by atoms with Gasteiger partial charge in [0.25, 0.3) is 17.6 Å². The van der Waals surface area contributed by atoms with E-state index in [0.717, 1.165) is 0 Å². The molecule has 174 valence electrons. The number of amides is 3. The van der Waals surface area contributed by atoms with Crippen molar-refractivity contribution in [1.29, 1.82) is 0 Å². The van der Waals surface area contributed by atoms with E-state index < -0.39 is 23.6 Å². The molecular formula is C24H22N4O6. The molecule has 1 unspecified atom stereocenters. The summed E-state index contributed by atoms with van der Waals surface area (Å²) in [4.78, 5) is 67.2. The van der Waals surface area contributed by atoms with Crippen molar-refractivity contribution in [3.63, 3.8) is 0 Å². The van der Waals surface area contributed by atoms with E-state index in [1.807, 2.05) is 6.07 Å². The lowest BCUT2D eigenvalue weighted by Gasteiger charge is -2.39. The number of carboxylic acid groups (broad SMARTS) is 1. The van der Waals surface area contributed by atoms with Crippen molar-refractivity contribution >= 4 is 46.1 Å². The van der Waals surface area contributed by atoms with Crippen LogP contribution in [0.15, 0.2) is 54.7 Å². The van der Waals surface area contributed by atoms with Crippen LogP contribution in [0.25, 0.3) is 10.9 Å². The average molecular weight is 462 g/mol. The standard InChI is InChI=1S/C24H22N4O6/c1-14-13-27(22(31)15-6-3-2-4-7-15)10-11-28(14)23(32)20(29)17-12-25-19-16(17)8-5-9-18(19)26-21(30)24(33)34/h2-9,12,14,25H,10-11,13H2,1H3,(H,26,30)(H,33,34). The Morgan fingerprint density at radius 1 is 1.00 bits per heavy atom. The fourth-order valence-corrected chi connectivity index (χ4v) is 4.07. The number of aliphatic carboxylic acids is 1. The maximum Gasteiger partial charge on any atom is 0.394 e. The number of carbonyl (C=O) groups excluding carboxylic acids is 4. The summed E-state index contributed by atoms with van der Waals surface area (Å²) < 4.78 is 0. The highest BCUT2D eigenvalue weighted by atomic mass is 16.4. The van der Waals surface area contributed by atoms with Crippen LogP contribution in [0.1, 0.15) is 27.6 Å². The number of Topliss-reactive ketones (excluding diaryl/α,β-unsaturated/α-hetero) is 1. The molecular weight excluding hydrogens is 440 g/mol. The third-order valence-electron chi connectivity index (χ3n) is 5.79. The molecule has 10 heteroatoms. The van der Waals surface area contributed by atoms with Crippen LogP contribution in [0.4, 0.5) is 5.69 Å². The van der Waals surface area contributed by atoms with Crippen molar-refractivity contribution in [2.45, 2.75) is 13.0 Å². The smallest absolute Gasteiger partial charge is 0.394 e. The van der Waals surface area contributed by atoms with Gasteiger partial charge in [-0.3, -0.25) is 19.2 Å². The van der Waals surface area contributed by atoms with Gasteiger partial charge in [0.2, 0.25) is 0 Å². The number of nitrogens with zero attached hydrogens (tertiary/aromatic N) is 2. The van der Waals surface area contributed by atoms with Crippen molar-refractivity contribution in [3.05, 3.63) is 65.9 Å². The Morgan fingerprint density at radius 3 is 2.41 bits per heavy atom. The number of carbonyl (C=O) groups is 5. The van der Waals surface area contributed by atoms with E-state index in [9.17, 15) is 24.0 Å². The van der Waals surface area contributed by atoms with Crippen LogP contribution >= 0.6 is 0 Å². The summed E-state index contributed by atoms with van der Waals surface area (Å²) in [7, 11) is 0. The van der Waals surface area contributed by atoms with E-state index in [2.05, 4.69) is 10.3 Å². The Balaban J connectivity index is 1.50. The molecule has 0 aliphatic carbocycles. The van der Waals surface area contributed by atoms with Crippen LogP contribution in [0.2, 0.25) is 0 Å². The Hall–Kier alpha value is -4.47. The number of nitrogens with one attached hydrogen (secondary N) is 2. The van der Waals surface area contributed by atoms with E-state index in [0.29, 0.717) is 29.6 Å². The van der Waals surface area contributed by atoms with Crippen molar-refractivity contribution in [2.24, 2.45) is 0 Å². The number of piperazine rings is 1. The molecule has 10 nitrogen and oxygen atoms in total. The third kappa shape index (κ3) is 4.25. The first-order valence-electron chi connectivity index (χ1n) is 10.6. The van der Waals surface area contributed by atoms with Gasteiger partial charge in [-0.1, -0.05) is 30.3 Å². The molecule has 1 aliphatic rings. The lowest BCUT2D eigenvalue weighted by Crippen LogP contribution is -2.56. The minimum atomic E-state index is -1.64. The molecule has 1 aromatic heterocycles. The van der Waals surface area contributed by atoms with E-state index in [1.165, 1.54) is 17.2 Å². The maximum absolute atomic E-state index is 13.1. The Labute approximate surface area is 194 Å². The van der Waals surface area contributed by atoms with Crippen molar-refractivity contribution < 1.29 is 29.1 Å². The molecule has 34 heavy (non-hydrogen) atoms. The first-order chi connectivity index (χ1) is 16.3. The van der Waals surface area contributed by atoms with Gasteiger partial charge in [-0.05, 0) is 25.1 Å². The molecule has 0 saturated carbocycles. The largest absolute Gasteiger partial charge is 0.474 e. The Kier molecular flexibility index (Phi) is 6.13. The number of benzene rings is 2. The van der Waals surface area contributed by atoms with Crippen molar-refractivity contribution in [1.82, 2.24) is 14.8 Å². The minimum absolute atomic E-state index is 0.112. The number of rotatable bonds is 4. The molecule has 2 heterocycles. The van der Waals surface area contributed by atoms with Crippen LogP contribution in [-0.2, 0) is 14.4 Å². The molecule has 0 radical (unpaired) electrons. The molecule has 0 bridgehead atoms. The normalized spacial score (nSPS) is 15.7. The minimum Gasteiger partial charge on any atom is -0.474 e. The number of carboxylic acids is 1. The molecule has 3 amide bonds. The van der Waals surface area contributed by atoms with Gasteiger partial charge in [-0.15, -0.1) is 0 Å². The molecule has 1 fully saturated rings.